The predicted molar refractivity (Wildman–Crippen MR) is 23.9 cm³/mol. The van der Waals surface area contributed by atoms with Crippen molar-refractivity contribution in [2.75, 3.05) is 0 Å². The van der Waals surface area contributed by atoms with Gasteiger partial charge in [0.15, 0.2) is 0 Å². The smallest absolute Gasteiger partial charge is 0.110 e. The summed E-state index contributed by atoms with van der Waals surface area (Å²) in [5, 5.41) is 8.91. The number of fused-ring (bicyclic) bond motifs is 1. The second-order valence-corrected chi connectivity index (χ2v) is 2.28. The van der Waals surface area contributed by atoms with E-state index in [2.05, 4.69) is 0 Å². The van der Waals surface area contributed by atoms with Crippen LogP contribution >= 0.6 is 0 Å². The van der Waals surface area contributed by atoms with Gasteiger partial charge in [0.1, 0.15) is 6.10 Å². The van der Waals surface area contributed by atoms with E-state index in [1.54, 1.807) is 0 Å². The van der Waals surface area contributed by atoms with Crippen LogP contribution in [0.25, 0.3) is 0 Å². The highest BCUT2D eigenvalue weighted by molar-refractivity contribution is 4.97. The summed E-state index contributed by atoms with van der Waals surface area (Å²) < 4.78 is 5.02. The summed E-state index contributed by atoms with van der Waals surface area (Å²) in [6.07, 6.45) is 2.57. The fourth-order valence-corrected chi connectivity index (χ4v) is 1.23. The molecule has 2 fully saturated rings. The zero-order valence-electron chi connectivity index (χ0n) is 4.00. The second kappa shape index (κ2) is 1.01. The molecular weight excluding hydrogens is 92.1 g/mol. The third-order valence-electron chi connectivity index (χ3n) is 1.75. The number of epoxide rings is 1. The molecule has 0 spiro atoms. The Kier molecular flexibility index (Phi) is 0.557. The first-order valence-electron chi connectivity index (χ1n) is 2.71. The largest absolute Gasteiger partial charge is 0.390 e. The molecule has 1 aliphatic carbocycles. The lowest BCUT2D eigenvalue weighted by Gasteiger charge is -1.96. The first kappa shape index (κ1) is 3.87. The SMILES string of the molecule is O[C@@H]1CC[C@@H]2O[C@@H]12. The Morgan fingerprint density at radius 3 is 2.43 bits per heavy atom. The molecule has 0 aromatic carbocycles. The Labute approximate surface area is 42.1 Å². The molecule has 7 heavy (non-hydrogen) atoms. The van der Waals surface area contributed by atoms with E-state index in [0.717, 1.165) is 12.8 Å². The maximum Gasteiger partial charge on any atom is 0.110 e. The van der Waals surface area contributed by atoms with E-state index in [1.807, 2.05) is 0 Å². The zero-order chi connectivity index (χ0) is 4.85. The molecule has 2 nitrogen and oxygen atoms in total. The molecule has 1 saturated heterocycles. The summed E-state index contributed by atoms with van der Waals surface area (Å²) in [7, 11) is 0. The molecule has 40 valence electrons. The molecule has 0 aromatic heterocycles. The van der Waals surface area contributed by atoms with Gasteiger partial charge in [-0.1, -0.05) is 0 Å². The van der Waals surface area contributed by atoms with Crippen molar-refractivity contribution >= 4 is 0 Å². The summed E-state index contributed by atoms with van der Waals surface area (Å²) >= 11 is 0. The third-order valence-corrected chi connectivity index (χ3v) is 1.75. The lowest BCUT2D eigenvalue weighted by Crippen LogP contribution is -2.08. The maximum atomic E-state index is 8.91. The molecule has 0 radical (unpaired) electrons. The number of hydrogen-bond acceptors (Lipinski definition) is 2. The molecular formula is C5H8O2. The van der Waals surface area contributed by atoms with Crippen molar-refractivity contribution in [1.29, 1.82) is 0 Å². The van der Waals surface area contributed by atoms with Crippen molar-refractivity contribution in [3.05, 3.63) is 0 Å². The van der Waals surface area contributed by atoms with Crippen molar-refractivity contribution in [3.8, 4) is 0 Å². The maximum absolute atomic E-state index is 8.91. The minimum absolute atomic E-state index is 0.134. The fraction of sp³-hybridized carbons (Fsp3) is 1.00. The first-order valence-corrected chi connectivity index (χ1v) is 2.71. The summed E-state index contributed by atoms with van der Waals surface area (Å²) in [5.41, 5.74) is 0. The minimum atomic E-state index is -0.134. The van der Waals surface area contributed by atoms with E-state index in [4.69, 9.17) is 9.84 Å². The predicted octanol–water partition coefficient (Wildman–Crippen LogP) is -0.0915. The van der Waals surface area contributed by atoms with Crippen LogP contribution in [0.1, 0.15) is 12.8 Å². The summed E-state index contributed by atoms with van der Waals surface area (Å²) in [6, 6.07) is 0. The molecule has 1 saturated carbocycles. The molecule has 2 rings (SSSR count). The van der Waals surface area contributed by atoms with Gasteiger partial charge in [0.25, 0.3) is 0 Å². The quantitative estimate of drug-likeness (QED) is 0.431. The van der Waals surface area contributed by atoms with Gasteiger partial charge in [-0.25, -0.2) is 0 Å². The average Bonchev–Trinajstić information content (AvgIpc) is 2.33. The number of aliphatic hydroxyl groups excluding tert-OH is 1. The van der Waals surface area contributed by atoms with Crippen molar-refractivity contribution in [2.24, 2.45) is 0 Å². The number of rotatable bonds is 0. The number of aliphatic hydroxyl groups is 1. The standard InChI is InChI=1S/C5H8O2/c6-3-1-2-4-5(3)7-4/h3-6H,1-2H2/t3-,4+,5+/m1/s1. The Morgan fingerprint density at radius 1 is 1.43 bits per heavy atom. The van der Waals surface area contributed by atoms with Crippen molar-refractivity contribution < 1.29 is 9.84 Å². The molecule has 2 heteroatoms. The van der Waals surface area contributed by atoms with E-state index < -0.39 is 0 Å². The van der Waals surface area contributed by atoms with Crippen LogP contribution < -0.4 is 0 Å². The molecule has 0 unspecified atom stereocenters. The number of ether oxygens (including phenoxy) is 1. The third kappa shape index (κ3) is 0.409. The van der Waals surface area contributed by atoms with Gasteiger partial charge in [-0.3, -0.25) is 0 Å². The summed E-state index contributed by atoms with van der Waals surface area (Å²) in [5.74, 6) is 0. The van der Waals surface area contributed by atoms with Crippen LogP contribution in [0.15, 0.2) is 0 Å². The lowest BCUT2D eigenvalue weighted by molar-refractivity contribution is 0.119. The van der Waals surface area contributed by atoms with Crippen molar-refractivity contribution in [2.45, 2.75) is 31.2 Å². The van der Waals surface area contributed by atoms with Crippen molar-refractivity contribution in [1.82, 2.24) is 0 Å². The average molecular weight is 100 g/mol. The summed E-state index contributed by atoms with van der Waals surface area (Å²) in [6.45, 7) is 0. The Bertz CT molecular complexity index is 92.1. The van der Waals surface area contributed by atoms with Gasteiger partial charge in [-0.05, 0) is 12.8 Å². The molecule has 0 bridgehead atoms. The fourth-order valence-electron chi connectivity index (χ4n) is 1.23. The highest BCUT2D eigenvalue weighted by atomic mass is 16.6. The molecule has 0 amide bonds. The Balaban J connectivity index is 2.08. The van der Waals surface area contributed by atoms with E-state index in [1.165, 1.54) is 0 Å². The van der Waals surface area contributed by atoms with Gasteiger partial charge in [0.2, 0.25) is 0 Å². The Hall–Kier alpha value is -0.0800. The molecule has 2 aliphatic rings. The normalized spacial score (nSPS) is 57.0. The van der Waals surface area contributed by atoms with Gasteiger partial charge in [0, 0.05) is 0 Å². The van der Waals surface area contributed by atoms with Gasteiger partial charge in [-0.2, -0.15) is 0 Å². The number of hydrogen-bond donors (Lipinski definition) is 1. The van der Waals surface area contributed by atoms with E-state index in [0.29, 0.717) is 6.10 Å². The lowest BCUT2D eigenvalue weighted by atomic mass is 10.3. The highest BCUT2D eigenvalue weighted by Gasteiger charge is 2.49. The molecule has 0 aromatic rings. The van der Waals surface area contributed by atoms with Gasteiger partial charge >= 0.3 is 0 Å². The van der Waals surface area contributed by atoms with Gasteiger partial charge in [0.05, 0.1) is 12.2 Å². The van der Waals surface area contributed by atoms with Crippen LogP contribution in [0, 0.1) is 0 Å². The van der Waals surface area contributed by atoms with E-state index >= 15 is 0 Å². The summed E-state index contributed by atoms with van der Waals surface area (Å²) in [4.78, 5) is 0. The van der Waals surface area contributed by atoms with E-state index in [9.17, 15) is 0 Å². The van der Waals surface area contributed by atoms with E-state index in [-0.39, 0.29) is 12.2 Å². The van der Waals surface area contributed by atoms with Crippen LogP contribution in [-0.4, -0.2) is 23.4 Å². The monoisotopic (exact) mass is 100 g/mol. The highest BCUT2D eigenvalue weighted by Crippen LogP contribution is 2.38. The van der Waals surface area contributed by atoms with Gasteiger partial charge in [-0.15, -0.1) is 0 Å². The molecule has 1 N–H and O–H groups in total. The van der Waals surface area contributed by atoms with Gasteiger partial charge < -0.3 is 9.84 Å². The molecule has 3 atom stereocenters. The van der Waals surface area contributed by atoms with Crippen LogP contribution in [0.2, 0.25) is 0 Å². The first-order chi connectivity index (χ1) is 3.38. The molecule has 1 heterocycles. The van der Waals surface area contributed by atoms with Crippen molar-refractivity contribution in [3.63, 3.8) is 0 Å². The van der Waals surface area contributed by atoms with Crippen LogP contribution in [0.4, 0.5) is 0 Å². The Morgan fingerprint density at radius 2 is 2.29 bits per heavy atom. The van der Waals surface area contributed by atoms with Crippen LogP contribution in [-0.2, 0) is 4.74 Å². The van der Waals surface area contributed by atoms with Crippen LogP contribution in [0.3, 0.4) is 0 Å². The molecule has 1 aliphatic heterocycles. The topological polar surface area (TPSA) is 32.8 Å². The minimum Gasteiger partial charge on any atom is -0.390 e. The van der Waals surface area contributed by atoms with Crippen LogP contribution in [0.5, 0.6) is 0 Å². The zero-order valence-corrected chi connectivity index (χ0v) is 4.00. The second-order valence-electron chi connectivity index (χ2n) is 2.28.